The molecule has 0 radical (unpaired) electrons. The molecule has 27 heavy (non-hydrogen) atoms. The van der Waals surface area contributed by atoms with Gasteiger partial charge in [0.1, 0.15) is 11.4 Å². The molecule has 0 saturated heterocycles. The first-order valence-electron chi connectivity index (χ1n) is 9.39. The van der Waals surface area contributed by atoms with Crippen molar-refractivity contribution in [1.82, 2.24) is 9.55 Å². The van der Waals surface area contributed by atoms with E-state index < -0.39 is 0 Å². The van der Waals surface area contributed by atoms with Gasteiger partial charge in [-0.3, -0.25) is 4.79 Å². The molecule has 1 aliphatic rings. The highest BCUT2D eigenvalue weighted by Crippen LogP contribution is 2.31. The maximum absolute atomic E-state index is 13.6. The molecule has 142 valence electrons. The molecule has 2 N–H and O–H groups in total. The highest BCUT2D eigenvalue weighted by atomic mass is 35.5. The van der Waals surface area contributed by atoms with Gasteiger partial charge in [-0.15, -0.1) is 11.3 Å². The van der Waals surface area contributed by atoms with Crippen molar-refractivity contribution in [2.24, 2.45) is 0 Å². The molecule has 5 nitrogen and oxygen atoms in total. The lowest BCUT2D eigenvalue weighted by molar-refractivity contribution is -0.895. The molecule has 3 heterocycles. The Hall–Kier alpha value is -1.89. The van der Waals surface area contributed by atoms with E-state index in [2.05, 4.69) is 26.2 Å². The second-order valence-corrected chi connectivity index (χ2v) is 8.85. The third-order valence-electron chi connectivity index (χ3n) is 5.23. The fraction of sp³-hybridized carbons (Fsp3) is 0.400. The van der Waals surface area contributed by atoms with Gasteiger partial charge in [0.15, 0.2) is 0 Å². The summed E-state index contributed by atoms with van der Waals surface area (Å²) in [4.78, 5) is 22.1. The summed E-state index contributed by atoms with van der Waals surface area (Å²) in [6, 6.07) is 7.61. The van der Waals surface area contributed by atoms with Crippen LogP contribution in [0.4, 0.5) is 5.95 Å². The number of nitrogens with one attached hydrogen (secondary N) is 2. The van der Waals surface area contributed by atoms with Gasteiger partial charge in [0.25, 0.3) is 5.56 Å². The van der Waals surface area contributed by atoms with Gasteiger partial charge < -0.3 is 10.2 Å². The fourth-order valence-corrected chi connectivity index (χ4v) is 5.04. The van der Waals surface area contributed by atoms with Crippen LogP contribution in [0.15, 0.2) is 29.1 Å². The Morgan fingerprint density at radius 1 is 1.44 bits per heavy atom. The number of benzene rings is 1. The number of hydrogen-bond acceptors (Lipinski definition) is 4. The Kier molecular flexibility index (Phi) is 4.97. The van der Waals surface area contributed by atoms with Gasteiger partial charge in [-0.2, -0.15) is 0 Å². The predicted octanol–water partition coefficient (Wildman–Crippen LogP) is 2.88. The number of quaternary nitrogens is 1. The summed E-state index contributed by atoms with van der Waals surface area (Å²) in [5.41, 5.74) is 1.92. The first kappa shape index (κ1) is 18.5. The van der Waals surface area contributed by atoms with E-state index in [0.29, 0.717) is 11.0 Å². The molecule has 2 aromatic heterocycles. The molecular formula is C20H24ClN4OS+. The average molecular weight is 404 g/mol. The fourth-order valence-electron chi connectivity index (χ4n) is 3.53. The van der Waals surface area contributed by atoms with Crippen LogP contribution in [-0.4, -0.2) is 29.2 Å². The van der Waals surface area contributed by atoms with Gasteiger partial charge in [0.2, 0.25) is 5.95 Å². The summed E-state index contributed by atoms with van der Waals surface area (Å²) < 4.78 is 1.68. The molecule has 0 spiro atoms. The number of nitrogens with zero attached hydrogens (tertiary/aromatic N) is 2. The van der Waals surface area contributed by atoms with Crippen LogP contribution >= 0.6 is 22.9 Å². The number of likely N-dealkylation sites (N-methyl/N-ethyl adjacent to an activating group) is 1. The molecule has 4 rings (SSSR count). The summed E-state index contributed by atoms with van der Waals surface area (Å²) in [7, 11) is 2.20. The van der Waals surface area contributed by atoms with Crippen molar-refractivity contribution >= 4 is 39.1 Å². The lowest BCUT2D eigenvalue weighted by Crippen LogP contribution is -3.08. The molecule has 0 fully saturated rings. The van der Waals surface area contributed by atoms with Crippen LogP contribution in [0.2, 0.25) is 5.02 Å². The van der Waals surface area contributed by atoms with E-state index in [4.69, 9.17) is 16.6 Å². The van der Waals surface area contributed by atoms with Gasteiger partial charge in [-0.25, -0.2) is 9.55 Å². The summed E-state index contributed by atoms with van der Waals surface area (Å²) in [5.74, 6) is 0.586. The Labute approximate surface area is 167 Å². The van der Waals surface area contributed by atoms with E-state index in [1.807, 2.05) is 24.3 Å². The summed E-state index contributed by atoms with van der Waals surface area (Å²) in [5, 5.41) is 4.79. The van der Waals surface area contributed by atoms with E-state index >= 15 is 0 Å². The van der Waals surface area contributed by atoms with Crippen LogP contribution in [0.3, 0.4) is 0 Å². The monoisotopic (exact) mass is 403 g/mol. The van der Waals surface area contributed by atoms with Gasteiger partial charge in [0.05, 0.1) is 29.5 Å². The maximum Gasteiger partial charge on any atom is 0.268 e. The second kappa shape index (κ2) is 7.26. The van der Waals surface area contributed by atoms with E-state index in [0.717, 1.165) is 41.8 Å². The maximum atomic E-state index is 13.6. The first-order valence-corrected chi connectivity index (χ1v) is 10.6. The van der Waals surface area contributed by atoms with Crippen molar-refractivity contribution in [3.8, 4) is 5.69 Å². The predicted molar refractivity (Wildman–Crippen MR) is 113 cm³/mol. The number of hydrogen-bond donors (Lipinski definition) is 2. The third-order valence-corrected chi connectivity index (χ3v) is 6.59. The second-order valence-electron chi connectivity index (χ2n) is 7.33. The van der Waals surface area contributed by atoms with Gasteiger partial charge in [0, 0.05) is 17.5 Å². The van der Waals surface area contributed by atoms with Gasteiger partial charge in [-0.1, -0.05) is 24.6 Å². The quantitative estimate of drug-likeness (QED) is 0.704. The largest absolute Gasteiger partial charge is 0.353 e. The van der Waals surface area contributed by atoms with Crippen molar-refractivity contribution in [2.45, 2.75) is 39.3 Å². The van der Waals surface area contributed by atoms with E-state index in [1.165, 1.54) is 15.3 Å². The Bertz CT molecular complexity index is 1060. The number of thiophene rings is 1. The zero-order valence-corrected chi connectivity index (χ0v) is 17.4. The third kappa shape index (κ3) is 3.37. The average Bonchev–Trinajstić information content (AvgIpc) is 2.99. The van der Waals surface area contributed by atoms with E-state index in [1.54, 1.807) is 15.9 Å². The van der Waals surface area contributed by atoms with Gasteiger partial charge in [-0.05, 0) is 37.1 Å². The van der Waals surface area contributed by atoms with Crippen LogP contribution in [-0.2, 0) is 13.0 Å². The number of aromatic nitrogens is 2. The number of anilines is 1. The molecule has 0 bridgehead atoms. The molecule has 0 saturated carbocycles. The van der Waals surface area contributed by atoms with Crippen LogP contribution in [0.1, 0.15) is 30.7 Å². The van der Waals surface area contributed by atoms with Crippen molar-refractivity contribution in [3.63, 3.8) is 0 Å². The SMILES string of the molecule is CC[C@@H](C)Nc1nc2sc3c(c2c(=O)n1-c1cccc(Cl)c1)CC[NH+](C)C3. The van der Waals surface area contributed by atoms with E-state index in [-0.39, 0.29) is 11.6 Å². The highest BCUT2D eigenvalue weighted by Gasteiger charge is 2.26. The van der Waals surface area contributed by atoms with Crippen LogP contribution in [0.5, 0.6) is 0 Å². The molecule has 7 heteroatoms. The first-order chi connectivity index (χ1) is 13.0. The normalized spacial score (nSPS) is 17.7. The van der Waals surface area contributed by atoms with Gasteiger partial charge >= 0.3 is 0 Å². The Morgan fingerprint density at radius 2 is 2.26 bits per heavy atom. The minimum Gasteiger partial charge on any atom is -0.353 e. The molecule has 2 atom stereocenters. The zero-order chi connectivity index (χ0) is 19.1. The molecule has 0 aliphatic carbocycles. The number of fused-ring (bicyclic) bond motifs is 3. The van der Waals surface area contributed by atoms with Crippen LogP contribution in [0.25, 0.3) is 15.9 Å². The van der Waals surface area contributed by atoms with Crippen molar-refractivity contribution < 1.29 is 4.90 Å². The number of rotatable bonds is 4. The van der Waals surface area contributed by atoms with Crippen molar-refractivity contribution in [3.05, 3.63) is 50.1 Å². The van der Waals surface area contributed by atoms with Crippen molar-refractivity contribution in [1.29, 1.82) is 0 Å². The molecule has 0 amide bonds. The molecule has 1 aromatic carbocycles. The molecule has 3 aromatic rings. The highest BCUT2D eigenvalue weighted by molar-refractivity contribution is 7.18. The summed E-state index contributed by atoms with van der Waals surface area (Å²) >= 11 is 7.87. The Morgan fingerprint density at radius 3 is 3.00 bits per heavy atom. The minimum atomic E-state index is -0.00915. The number of halogens is 1. The standard InChI is InChI=1S/C20H23ClN4OS/c1-4-12(2)22-20-23-18-17(15-8-9-24(3)11-16(15)27-18)19(26)25(20)14-7-5-6-13(21)10-14/h5-7,10,12H,4,8-9,11H2,1-3H3,(H,22,23)/p+1/t12-/m1/s1. The summed E-state index contributed by atoms with van der Waals surface area (Å²) in [6.07, 6.45) is 1.87. The molecule has 1 unspecified atom stereocenters. The lowest BCUT2D eigenvalue weighted by atomic mass is 10.1. The van der Waals surface area contributed by atoms with Crippen LogP contribution < -0.4 is 15.8 Å². The summed E-state index contributed by atoms with van der Waals surface area (Å²) in [6.45, 7) is 6.21. The van der Waals surface area contributed by atoms with Crippen molar-refractivity contribution in [2.75, 3.05) is 18.9 Å². The topological polar surface area (TPSA) is 51.4 Å². The lowest BCUT2D eigenvalue weighted by Gasteiger charge is -2.19. The molecule has 1 aliphatic heterocycles. The Balaban J connectivity index is 1.99. The smallest absolute Gasteiger partial charge is 0.268 e. The van der Waals surface area contributed by atoms with Crippen LogP contribution in [0, 0.1) is 0 Å². The minimum absolute atomic E-state index is 0.00915. The zero-order valence-electron chi connectivity index (χ0n) is 15.8. The molecular weight excluding hydrogens is 380 g/mol. The van der Waals surface area contributed by atoms with E-state index in [9.17, 15) is 4.79 Å².